The number of hydrogen-bond acceptors (Lipinski definition) is 1. The van der Waals surface area contributed by atoms with E-state index in [0.717, 1.165) is 23.3 Å². The predicted molar refractivity (Wildman–Crippen MR) is 71.3 cm³/mol. The molecule has 3 heteroatoms. The molecule has 1 heterocycles. The Kier molecular flexibility index (Phi) is 3.15. The number of fused-ring (bicyclic) bond motifs is 1. The quantitative estimate of drug-likeness (QED) is 0.794. The molecule has 0 saturated carbocycles. The SMILES string of the molecule is Cc1ccc2[nH]c(=S)n(CCC(C)C)c2c1. The van der Waals surface area contributed by atoms with Gasteiger partial charge in [0, 0.05) is 6.54 Å². The topological polar surface area (TPSA) is 20.7 Å². The molecule has 0 atom stereocenters. The highest BCUT2D eigenvalue weighted by molar-refractivity contribution is 7.71. The van der Waals surface area contributed by atoms with Crippen molar-refractivity contribution < 1.29 is 0 Å². The number of H-pyrrole nitrogens is 1. The summed E-state index contributed by atoms with van der Waals surface area (Å²) in [6.07, 6.45) is 1.16. The van der Waals surface area contributed by atoms with Crippen molar-refractivity contribution in [2.75, 3.05) is 0 Å². The minimum Gasteiger partial charge on any atom is -0.331 e. The molecule has 2 rings (SSSR count). The molecular weight excluding hydrogens is 216 g/mol. The summed E-state index contributed by atoms with van der Waals surface area (Å²) >= 11 is 5.36. The summed E-state index contributed by atoms with van der Waals surface area (Å²) in [5, 5.41) is 0. The second kappa shape index (κ2) is 4.42. The number of imidazole rings is 1. The Morgan fingerprint density at radius 1 is 1.38 bits per heavy atom. The maximum atomic E-state index is 5.36. The molecular formula is C13H18N2S. The van der Waals surface area contributed by atoms with Crippen LogP contribution in [0.1, 0.15) is 25.8 Å². The first-order valence-corrected chi connectivity index (χ1v) is 6.18. The van der Waals surface area contributed by atoms with Crippen molar-refractivity contribution in [1.29, 1.82) is 0 Å². The van der Waals surface area contributed by atoms with Crippen molar-refractivity contribution in [3.8, 4) is 0 Å². The normalized spacial score (nSPS) is 11.5. The molecule has 1 N–H and O–H groups in total. The van der Waals surface area contributed by atoms with E-state index in [0.29, 0.717) is 5.92 Å². The zero-order chi connectivity index (χ0) is 11.7. The van der Waals surface area contributed by atoms with Gasteiger partial charge in [0.2, 0.25) is 0 Å². The van der Waals surface area contributed by atoms with Gasteiger partial charge in [-0.3, -0.25) is 0 Å². The summed E-state index contributed by atoms with van der Waals surface area (Å²) in [6.45, 7) is 7.59. The van der Waals surface area contributed by atoms with Gasteiger partial charge in [-0.25, -0.2) is 0 Å². The van der Waals surface area contributed by atoms with Gasteiger partial charge in [-0.2, -0.15) is 0 Å². The third-order valence-electron chi connectivity index (χ3n) is 2.86. The van der Waals surface area contributed by atoms with E-state index in [4.69, 9.17) is 12.2 Å². The summed E-state index contributed by atoms with van der Waals surface area (Å²) in [4.78, 5) is 3.26. The van der Waals surface area contributed by atoms with Crippen LogP contribution in [0.15, 0.2) is 18.2 Å². The maximum absolute atomic E-state index is 5.36. The van der Waals surface area contributed by atoms with E-state index in [1.165, 1.54) is 11.1 Å². The number of hydrogen-bond donors (Lipinski definition) is 1. The molecule has 16 heavy (non-hydrogen) atoms. The van der Waals surface area contributed by atoms with Gasteiger partial charge in [-0.1, -0.05) is 19.9 Å². The van der Waals surface area contributed by atoms with Crippen LogP contribution in [0.4, 0.5) is 0 Å². The van der Waals surface area contributed by atoms with E-state index < -0.39 is 0 Å². The van der Waals surface area contributed by atoms with Crippen molar-refractivity contribution in [2.45, 2.75) is 33.7 Å². The Balaban J connectivity index is 2.46. The zero-order valence-electron chi connectivity index (χ0n) is 10.1. The van der Waals surface area contributed by atoms with Crippen molar-refractivity contribution in [3.63, 3.8) is 0 Å². The van der Waals surface area contributed by atoms with Crippen LogP contribution in [0.25, 0.3) is 11.0 Å². The predicted octanol–water partition coefficient (Wildman–Crippen LogP) is 4.05. The standard InChI is InChI=1S/C13H18N2S/c1-9(2)6-7-15-12-8-10(3)4-5-11(12)14-13(15)16/h4-5,8-9H,6-7H2,1-3H3,(H,14,16). The molecule has 0 saturated heterocycles. The van der Waals surface area contributed by atoms with Gasteiger partial charge in [0.1, 0.15) is 0 Å². The van der Waals surface area contributed by atoms with E-state index in [-0.39, 0.29) is 0 Å². The molecule has 86 valence electrons. The molecule has 0 radical (unpaired) electrons. The van der Waals surface area contributed by atoms with Gasteiger partial charge in [-0.05, 0) is 49.2 Å². The zero-order valence-corrected chi connectivity index (χ0v) is 10.9. The molecule has 0 spiro atoms. The molecule has 1 aromatic carbocycles. The van der Waals surface area contributed by atoms with Gasteiger partial charge in [-0.15, -0.1) is 0 Å². The average molecular weight is 234 g/mol. The van der Waals surface area contributed by atoms with Crippen molar-refractivity contribution in [1.82, 2.24) is 9.55 Å². The first-order chi connectivity index (χ1) is 7.58. The summed E-state index contributed by atoms with van der Waals surface area (Å²) in [5.74, 6) is 0.705. The third kappa shape index (κ3) is 2.19. The fraction of sp³-hybridized carbons (Fsp3) is 0.462. The first-order valence-electron chi connectivity index (χ1n) is 5.77. The minimum absolute atomic E-state index is 0.705. The molecule has 0 aliphatic heterocycles. The lowest BCUT2D eigenvalue weighted by Crippen LogP contribution is -2.01. The van der Waals surface area contributed by atoms with Gasteiger partial charge in [0.05, 0.1) is 11.0 Å². The molecule has 0 unspecified atom stereocenters. The Bertz CT molecular complexity index is 549. The molecule has 2 aromatic rings. The highest BCUT2D eigenvalue weighted by Crippen LogP contribution is 2.17. The number of aromatic amines is 1. The average Bonchev–Trinajstić information content (AvgIpc) is 2.51. The minimum atomic E-state index is 0.705. The van der Waals surface area contributed by atoms with E-state index in [1.807, 2.05) is 0 Å². The Morgan fingerprint density at radius 2 is 2.12 bits per heavy atom. The van der Waals surface area contributed by atoms with Crippen molar-refractivity contribution >= 4 is 23.3 Å². The van der Waals surface area contributed by atoms with E-state index in [9.17, 15) is 0 Å². The smallest absolute Gasteiger partial charge is 0.178 e. The maximum Gasteiger partial charge on any atom is 0.178 e. The summed E-state index contributed by atoms with van der Waals surface area (Å²) in [5.41, 5.74) is 3.64. The van der Waals surface area contributed by atoms with Crippen LogP contribution in [0.5, 0.6) is 0 Å². The fourth-order valence-corrected chi connectivity index (χ4v) is 2.17. The van der Waals surface area contributed by atoms with Gasteiger partial charge in [0.15, 0.2) is 4.77 Å². The van der Waals surface area contributed by atoms with Crippen molar-refractivity contribution in [3.05, 3.63) is 28.5 Å². The third-order valence-corrected chi connectivity index (χ3v) is 3.18. The lowest BCUT2D eigenvalue weighted by atomic mass is 10.1. The monoisotopic (exact) mass is 234 g/mol. The Hall–Kier alpha value is -1.09. The highest BCUT2D eigenvalue weighted by Gasteiger charge is 2.04. The van der Waals surface area contributed by atoms with Gasteiger partial charge in [0.25, 0.3) is 0 Å². The van der Waals surface area contributed by atoms with Crippen LogP contribution in [0.3, 0.4) is 0 Å². The number of aryl methyl sites for hydroxylation is 2. The molecule has 0 amide bonds. The summed E-state index contributed by atoms with van der Waals surface area (Å²) in [6, 6.07) is 6.41. The fourth-order valence-electron chi connectivity index (χ4n) is 1.87. The van der Waals surface area contributed by atoms with Gasteiger partial charge < -0.3 is 9.55 Å². The van der Waals surface area contributed by atoms with Crippen LogP contribution >= 0.6 is 12.2 Å². The molecule has 0 bridgehead atoms. The van der Waals surface area contributed by atoms with Crippen molar-refractivity contribution in [2.24, 2.45) is 5.92 Å². The summed E-state index contributed by atoms with van der Waals surface area (Å²) in [7, 11) is 0. The largest absolute Gasteiger partial charge is 0.331 e. The van der Waals surface area contributed by atoms with E-state index in [1.54, 1.807) is 0 Å². The number of nitrogens with zero attached hydrogens (tertiary/aromatic N) is 1. The lowest BCUT2D eigenvalue weighted by molar-refractivity contribution is 0.520. The van der Waals surface area contributed by atoms with Gasteiger partial charge >= 0.3 is 0 Å². The molecule has 0 fully saturated rings. The number of benzene rings is 1. The number of aromatic nitrogens is 2. The van der Waals surface area contributed by atoms with E-state index in [2.05, 4.69) is 48.5 Å². The van der Waals surface area contributed by atoms with Crippen LogP contribution < -0.4 is 0 Å². The number of rotatable bonds is 3. The summed E-state index contributed by atoms with van der Waals surface area (Å²) < 4.78 is 3.04. The second-order valence-electron chi connectivity index (χ2n) is 4.78. The Morgan fingerprint density at radius 3 is 2.81 bits per heavy atom. The van der Waals surface area contributed by atoms with E-state index >= 15 is 0 Å². The van der Waals surface area contributed by atoms with Crippen LogP contribution in [0, 0.1) is 17.6 Å². The molecule has 0 aliphatic carbocycles. The van der Waals surface area contributed by atoms with Crippen LogP contribution in [-0.4, -0.2) is 9.55 Å². The van der Waals surface area contributed by atoms with Crippen LogP contribution in [-0.2, 0) is 6.54 Å². The molecule has 1 aromatic heterocycles. The first kappa shape index (κ1) is 11.4. The Labute approximate surface area is 101 Å². The highest BCUT2D eigenvalue weighted by atomic mass is 32.1. The molecule has 2 nitrogen and oxygen atoms in total. The number of nitrogens with one attached hydrogen (secondary N) is 1. The lowest BCUT2D eigenvalue weighted by Gasteiger charge is -2.07. The molecule has 0 aliphatic rings. The van der Waals surface area contributed by atoms with Crippen LogP contribution in [0.2, 0.25) is 0 Å². The second-order valence-corrected chi connectivity index (χ2v) is 5.17.